The standard InChI is InChI=1S/C24H31ClN2O2S/c1-4-13-26-24(29)22(5-2)27(15-19-11-9-18(3)10-12-19)23(28)17-30-16-20-7-6-8-21(25)14-20/h6-12,14,22H,4-5,13,15-17H2,1-3H3,(H,26,29)/t22-/m0/s1. The van der Waals surface area contributed by atoms with Gasteiger partial charge in [-0.25, -0.2) is 0 Å². The lowest BCUT2D eigenvalue weighted by molar-refractivity contribution is -0.139. The Morgan fingerprint density at radius 2 is 1.83 bits per heavy atom. The molecule has 0 radical (unpaired) electrons. The van der Waals surface area contributed by atoms with E-state index >= 15 is 0 Å². The van der Waals surface area contributed by atoms with Gasteiger partial charge in [-0.2, -0.15) is 0 Å². The molecule has 0 saturated heterocycles. The van der Waals surface area contributed by atoms with Gasteiger partial charge in [0, 0.05) is 23.9 Å². The summed E-state index contributed by atoms with van der Waals surface area (Å²) in [5.41, 5.74) is 3.27. The van der Waals surface area contributed by atoms with E-state index in [0.717, 1.165) is 17.5 Å². The van der Waals surface area contributed by atoms with Crippen molar-refractivity contribution >= 4 is 35.2 Å². The zero-order valence-corrected chi connectivity index (χ0v) is 19.6. The lowest BCUT2D eigenvalue weighted by Gasteiger charge is -2.30. The van der Waals surface area contributed by atoms with Crippen LogP contribution in [0.1, 0.15) is 43.4 Å². The van der Waals surface area contributed by atoms with E-state index in [1.807, 2.05) is 69.3 Å². The van der Waals surface area contributed by atoms with Gasteiger partial charge in [0.25, 0.3) is 0 Å². The summed E-state index contributed by atoms with van der Waals surface area (Å²) in [4.78, 5) is 27.6. The number of benzene rings is 2. The Morgan fingerprint density at radius 3 is 2.47 bits per heavy atom. The largest absolute Gasteiger partial charge is 0.354 e. The number of hydrogen-bond acceptors (Lipinski definition) is 3. The SMILES string of the molecule is CCCNC(=O)[C@H](CC)N(Cc1ccc(C)cc1)C(=O)CSCc1cccc(Cl)c1. The van der Waals surface area contributed by atoms with Crippen LogP contribution in [0.25, 0.3) is 0 Å². The second-order valence-corrected chi connectivity index (χ2v) is 8.77. The molecule has 0 bridgehead atoms. The van der Waals surface area contributed by atoms with Crippen molar-refractivity contribution in [1.82, 2.24) is 10.2 Å². The lowest BCUT2D eigenvalue weighted by atomic mass is 10.1. The fraction of sp³-hybridized carbons (Fsp3) is 0.417. The van der Waals surface area contributed by atoms with Gasteiger partial charge < -0.3 is 10.2 Å². The highest BCUT2D eigenvalue weighted by molar-refractivity contribution is 7.99. The summed E-state index contributed by atoms with van der Waals surface area (Å²) in [5.74, 6) is 0.903. The number of rotatable bonds is 11. The number of nitrogens with zero attached hydrogens (tertiary/aromatic N) is 1. The Labute approximate surface area is 189 Å². The van der Waals surface area contributed by atoms with Crippen LogP contribution in [-0.4, -0.2) is 35.1 Å². The average Bonchev–Trinajstić information content (AvgIpc) is 2.73. The van der Waals surface area contributed by atoms with Gasteiger partial charge in [-0.1, -0.05) is 67.4 Å². The molecule has 0 aromatic heterocycles. The first-order valence-corrected chi connectivity index (χ1v) is 11.9. The molecule has 0 unspecified atom stereocenters. The molecule has 0 heterocycles. The van der Waals surface area contributed by atoms with Gasteiger partial charge in [0.1, 0.15) is 6.04 Å². The first kappa shape index (κ1) is 24.3. The fourth-order valence-corrected chi connectivity index (χ4v) is 4.21. The van der Waals surface area contributed by atoms with E-state index in [2.05, 4.69) is 5.32 Å². The second-order valence-electron chi connectivity index (χ2n) is 7.35. The third-order valence-corrected chi connectivity index (χ3v) is 6.02. The summed E-state index contributed by atoms with van der Waals surface area (Å²) in [7, 11) is 0. The first-order valence-electron chi connectivity index (χ1n) is 10.4. The normalized spacial score (nSPS) is 11.7. The molecule has 2 rings (SSSR count). The van der Waals surface area contributed by atoms with Crippen LogP contribution < -0.4 is 5.32 Å². The number of thioether (sulfide) groups is 1. The molecule has 1 atom stereocenters. The summed E-state index contributed by atoms with van der Waals surface area (Å²) in [6.45, 7) is 7.04. The van der Waals surface area contributed by atoms with E-state index in [4.69, 9.17) is 11.6 Å². The van der Waals surface area contributed by atoms with E-state index in [1.54, 1.807) is 16.7 Å². The van der Waals surface area contributed by atoms with Crippen LogP contribution >= 0.6 is 23.4 Å². The minimum Gasteiger partial charge on any atom is -0.354 e. The molecule has 0 spiro atoms. The third kappa shape index (κ3) is 7.69. The Balaban J connectivity index is 2.10. The van der Waals surface area contributed by atoms with Crippen molar-refractivity contribution in [1.29, 1.82) is 0 Å². The van der Waals surface area contributed by atoms with Gasteiger partial charge in [-0.15, -0.1) is 11.8 Å². The summed E-state index contributed by atoms with van der Waals surface area (Å²) in [6, 6.07) is 15.3. The maximum atomic E-state index is 13.1. The smallest absolute Gasteiger partial charge is 0.242 e. The predicted molar refractivity (Wildman–Crippen MR) is 127 cm³/mol. The number of hydrogen-bond donors (Lipinski definition) is 1. The molecule has 0 fully saturated rings. The minimum atomic E-state index is -0.475. The van der Waals surface area contributed by atoms with Crippen molar-refractivity contribution < 1.29 is 9.59 Å². The van der Waals surface area contributed by atoms with Gasteiger partial charge >= 0.3 is 0 Å². The highest BCUT2D eigenvalue weighted by Gasteiger charge is 2.28. The number of carbonyl (C=O) groups is 2. The van der Waals surface area contributed by atoms with Crippen molar-refractivity contribution in [3.8, 4) is 0 Å². The van der Waals surface area contributed by atoms with Crippen molar-refractivity contribution in [2.45, 2.75) is 52.0 Å². The number of carbonyl (C=O) groups excluding carboxylic acids is 2. The number of halogens is 1. The Bertz CT molecular complexity index is 826. The van der Waals surface area contributed by atoms with Gasteiger partial charge in [0.15, 0.2) is 0 Å². The van der Waals surface area contributed by atoms with Gasteiger partial charge in [0.2, 0.25) is 11.8 Å². The molecular weight excluding hydrogens is 416 g/mol. The summed E-state index contributed by atoms with van der Waals surface area (Å²) >= 11 is 7.59. The van der Waals surface area contributed by atoms with Crippen molar-refractivity contribution in [3.63, 3.8) is 0 Å². The molecule has 0 saturated carbocycles. The monoisotopic (exact) mass is 446 g/mol. The number of amides is 2. The van der Waals surface area contributed by atoms with Crippen LogP contribution in [0, 0.1) is 6.92 Å². The predicted octanol–water partition coefficient (Wildman–Crippen LogP) is 5.22. The molecule has 162 valence electrons. The van der Waals surface area contributed by atoms with E-state index < -0.39 is 6.04 Å². The molecule has 1 N–H and O–H groups in total. The van der Waals surface area contributed by atoms with Crippen molar-refractivity contribution in [2.24, 2.45) is 0 Å². The molecular formula is C24H31ClN2O2S. The Kier molecular flexibility index (Phi) is 10.2. The van der Waals surface area contributed by atoms with Crippen LogP contribution in [0.4, 0.5) is 0 Å². The summed E-state index contributed by atoms with van der Waals surface area (Å²) in [6.07, 6.45) is 1.44. The highest BCUT2D eigenvalue weighted by atomic mass is 35.5. The lowest BCUT2D eigenvalue weighted by Crippen LogP contribution is -2.49. The molecule has 0 aliphatic heterocycles. The van der Waals surface area contributed by atoms with E-state index in [1.165, 1.54) is 5.56 Å². The van der Waals surface area contributed by atoms with Crippen LogP contribution in [0.2, 0.25) is 5.02 Å². The molecule has 4 nitrogen and oxygen atoms in total. The Hall–Kier alpha value is -1.98. The molecule has 2 aromatic rings. The van der Waals surface area contributed by atoms with Crippen LogP contribution in [0.5, 0.6) is 0 Å². The maximum absolute atomic E-state index is 13.1. The van der Waals surface area contributed by atoms with Crippen LogP contribution in [0.15, 0.2) is 48.5 Å². The third-order valence-electron chi connectivity index (χ3n) is 4.79. The molecule has 0 aliphatic rings. The van der Waals surface area contributed by atoms with Gasteiger partial charge in [-0.3, -0.25) is 9.59 Å². The first-order chi connectivity index (χ1) is 14.4. The van der Waals surface area contributed by atoms with E-state index in [9.17, 15) is 9.59 Å². The molecule has 2 amide bonds. The number of nitrogens with one attached hydrogen (secondary N) is 1. The summed E-state index contributed by atoms with van der Waals surface area (Å²) in [5, 5.41) is 3.64. The molecule has 6 heteroatoms. The van der Waals surface area contributed by atoms with E-state index in [0.29, 0.717) is 36.0 Å². The topological polar surface area (TPSA) is 49.4 Å². The van der Waals surface area contributed by atoms with Crippen LogP contribution in [-0.2, 0) is 21.9 Å². The number of aryl methyl sites for hydroxylation is 1. The maximum Gasteiger partial charge on any atom is 0.242 e. The van der Waals surface area contributed by atoms with E-state index in [-0.39, 0.29) is 11.8 Å². The van der Waals surface area contributed by atoms with Crippen molar-refractivity contribution in [2.75, 3.05) is 12.3 Å². The molecule has 0 aliphatic carbocycles. The van der Waals surface area contributed by atoms with Crippen molar-refractivity contribution in [3.05, 3.63) is 70.2 Å². The van der Waals surface area contributed by atoms with Crippen LogP contribution in [0.3, 0.4) is 0 Å². The minimum absolute atomic E-state index is 0.0268. The zero-order chi connectivity index (χ0) is 21.9. The molecule has 30 heavy (non-hydrogen) atoms. The second kappa shape index (κ2) is 12.7. The zero-order valence-electron chi connectivity index (χ0n) is 18.0. The summed E-state index contributed by atoms with van der Waals surface area (Å²) < 4.78 is 0. The van der Waals surface area contributed by atoms with Gasteiger partial charge in [0.05, 0.1) is 5.75 Å². The van der Waals surface area contributed by atoms with Gasteiger partial charge in [-0.05, 0) is 43.0 Å². The highest BCUT2D eigenvalue weighted by Crippen LogP contribution is 2.19. The molecule has 2 aromatic carbocycles. The average molecular weight is 447 g/mol. The quantitative estimate of drug-likeness (QED) is 0.515. The Morgan fingerprint density at radius 1 is 1.10 bits per heavy atom. The fourth-order valence-electron chi connectivity index (χ4n) is 3.14.